The van der Waals surface area contributed by atoms with Crippen LogP contribution in [0.1, 0.15) is 47.5 Å². The zero-order valence-electron chi connectivity index (χ0n) is 17.3. The molecule has 3 N–H and O–H groups in total. The number of carbonyl (C=O) groups is 3. The Balaban J connectivity index is 2.77. The van der Waals surface area contributed by atoms with E-state index in [1.807, 2.05) is 0 Å². The van der Waals surface area contributed by atoms with Gasteiger partial charge in [-0.15, -0.1) is 0 Å². The Morgan fingerprint density at radius 1 is 1.15 bits per heavy atom. The summed E-state index contributed by atoms with van der Waals surface area (Å²) in [6.45, 7) is 10.2. The smallest absolute Gasteiger partial charge is 0.408 e. The summed E-state index contributed by atoms with van der Waals surface area (Å²) in [4.78, 5) is 37.5. The van der Waals surface area contributed by atoms with Gasteiger partial charge in [-0.05, 0) is 39.5 Å². The van der Waals surface area contributed by atoms with Crippen LogP contribution < -0.4 is 16.1 Å². The highest BCUT2D eigenvalue weighted by molar-refractivity contribution is 5.91. The summed E-state index contributed by atoms with van der Waals surface area (Å²) < 4.78 is 10.3. The van der Waals surface area contributed by atoms with E-state index in [-0.39, 0.29) is 18.4 Å². The van der Waals surface area contributed by atoms with Gasteiger partial charge >= 0.3 is 6.09 Å². The molecule has 9 nitrogen and oxygen atoms in total. The third-order valence-corrected chi connectivity index (χ3v) is 3.95. The molecule has 0 saturated carbocycles. The third kappa shape index (κ3) is 8.13. The molecule has 0 bridgehead atoms. The molecule has 0 aromatic carbocycles. The first-order valence-electron chi connectivity index (χ1n) is 9.39. The van der Waals surface area contributed by atoms with E-state index in [9.17, 15) is 14.4 Å². The maximum Gasteiger partial charge on any atom is 0.408 e. The average Bonchev–Trinajstić information content (AvgIpc) is 2.57. The Kier molecular flexibility index (Phi) is 8.98. The van der Waals surface area contributed by atoms with Crippen molar-refractivity contribution in [2.45, 2.75) is 65.1 Å². The number of nitrogens with zero attached hydrogens (tertiary/aromatic N) is 1. The number of hydrazine groups is 1. The minimum atomic E-state index is -0.838. The van der Waals surface area contributed by atoms with Crippen molar-refractivity contribution in [1.29, 1.82) is 0 Å². The molecule has 156 valence electrons. The molecule has 0 spiro atoms. The first-order chi connectivity index (χ1) is 12.5. The van der Waals surface area contributed by atoms with E-state index >= 15 is 0 Å². The highest BCUT2D eigenvalue weighted by Crippen LogP contribution is 2.10. The monoisotopic (exact) mass is 386 g/mol. The van der Waals surface area contributed by atoms with E-state index in [1.165, 1.54) is 12.1 Å². The van der Waals surface area contributed by atoms with Gasteiger partial charge in [-0.25, -0.2) is 10.2 Å². The molecule has 2 atom stereocenters. The van der Waals surface area contributed by atoms with Crippen LogP contribution in [0, 0.1) is 5.92 Å². The lowest BCUT2D eigenvalue weighted by Crippen LogP contribution is -2.60. The van der Waals surface area contributed by atoms with Crippen molar-refractivity contribution in [2.24, 2.45) is 5.92 Å². The molecular weight excluding hydrogens is 352 g/mol. The van der Waals surface area contributed by atoms with Crippen LogP contribution in [-0.4, -0.2) is 67.4 Å². The number of amides is 3. The Morgan fingerprint density at radius 3 is 2.30 bits per heavy atom. The maximum atomic E-state index is 12.7. The van der Waals surface area contributed by atoms with Crippen LogP contribution in [0.3, 0.4) is 0 Å². The van der Waals surface area contributed by atoms with E-state index in [4.69, 9.17) is 9.47 Å². The largest absolute Gasteiger partial charge is 0.444 e. The molecule has 1 fully saturated rings. The van der Waals surface area contributed by atoms with E-state index in [0.29, 0.717) is 13.1 Å². The molecule has 27 heavy (non-hydrogen) atoms. The van der Waals surface area contributed by atoms with Crippen molar-refractivity contribution >= 4 is 17.9 Å². The van der Waals surface area contributed by atoms with Crippen molar-refractivity contribution in [3.63, 3.8) is 0 Å². The third-order valence-electron chi connectivity index (χ3n) is 3.95. The molecule has 3 amide bonds. The van der Waals surface area contributed by atoms with E-state index in [2.05, 4.69) is 16.1 Å². The molecule has 1 aliphatic rings. The highest BCUT2D eigenvalue weighted by Gasteiger charge is 2.32. The Labute approximate surface area is 161 Å². The lowest BCUT2D eigenvalue weighted by Gasteiger charge is -2.32. The lowest BCUT2D eigenvalue weighted by atomic mass is 10.0. The first kappa shape index (κ1) is 23.2. The molecule has 0 aromatic heterocycles. The Bertz CT molecular complexity index is 512. The van der Waals surface area contributed by atoms with Gasteiger partial charge in [-0.2, -0.15) is 0 Å². The van der Waals surface area contributed by atoms with Gasteiger partial charge in [0.05, 0.1) is 6.61 Å². The number of alkyl carbamates (subject to hydrolysis) is 1. The first-order valence-corrected chi connectivity index (χ1v) is 9.39. The van der Waals surface area contributed by atoms with Crippen molar-refractivity contribution in [3.8, 4) is 0 Å². The van der Waals surface area contributed by atoms with E-state index in [0.717, 1.165) is 12.8 Å². The maximum absolute atomic E-state index is 12.7. The van der Waals surface area contributed by atoms with Crippen LogP contribution in [-0.2, 0) is 19.1 Å². The van der Waals surface area contributed by atoms with Crippen LogP contribution in [0.25, 0.3) is 0 Å². The quantitative estimate of drug-likeness (QED) is 0.597. The molecule has 1 heterocycles. The molecular formula is C18H34N4O5. The van der Waals surface area contributed by atoms with Crippen molar-refractivity contribution in [1.82, 2.24) is 21.1 Å². The lowest BCUT2D eigenvalue weighted by molar-refractivity contribution is -0.142. The average molecular weight is 386 g/mol. The van der Waals surface area contributed by atoms with Gasteiger partial charge in [0.2, 0.25) is 5.91 Å². The molecule has 0 radical (unpaired) electrons. The van der Waals surface area contributed by atoms with Gasteiger partial charge in [-0.3, -0.25) is 14.6 Å². The zero-order valence-corrected chi connectivity index (χ0v) is 17.3. The molecule has 9 heteroatoms. The van der Waals surface area contributed by atoms with Crippen LogP contribution in [0.4, 0.5) is 4.79 Å². The predicted molar refractivity (Wildman–Crippen MR) is 101 cm³/mol. The SMILES string of the molecule is COCC(NC(=O)C(NC(=O)OC(C)(C)C)C(C)C)C(=O)N1CCCCN1. The summed E-state index contributed by atoms with van der Waals surface area (Å²) in [6, 6.07) is -1.67. The fourth-order valence-electron chi connectivity index (χ4n) is 2.64. The molecule has 1 rings (SSSR count). The second kappa shape index (κ2) is 10.5. The van der Waals surface area contributed by atoms with Crippen molar-refractivity contribution in [3.05, 3.63) is 0 Å². The molecule has 0 aromatic rings. The summed E-state index contributed by atoms with van der Waals surface area (Å²) in [5.74, 6) is -0.906. The molecule has 2 unspecified atom stereocenters. The fraction of sp³-hybridized carbons (Fsp3) is 0.833. The van der Waals surface area contributed by atoms with Gasteiger partial charge in [0.25, 0.3) is 5.91 Å². The molecule has 0 aliphatic carbocycles. The van der Waals surface area contributed by atoms with Crippen LogP contribution in [0.2, 0.25) is 0 Å². The van der Waals surface area contributed by atoms with E-state index in [1.54, 1.807) is 34.6 Å². The predicted octanol–water partition coefficient (Wildman–Crippen LogP) is 0.794. The standard InChI is InChI=1S/C18H34N4O5/c1-12(2)14(21-17(25)27-18(3,4)5)15(23)20-13(11-26-6)16(24)22-10-8-7-9-19-22/h12-14,19H,7-11H2,1-6H3,(H,20,23)(H,21,25). The number of rotatable bonds is 7. The summed E-state index contributed by atoms with van der Waals surface area (Å²) in [7, 11) is 1.47. The number of carbonyl (C=O) groups excluding carboxylic acids is 3. The minimum absolute atomic E-state index is 0.0417. The number of hydrogen-bond donors (Lipinski definition) is 3. The van der Waals surface area contributed by atoms with E-state index < -0.39 is 29.7 Å². The van der Waals surface area contributed by atoms with Gasteiger partial charge in [-0.1, -0.05) is 13.8 Å². The van der Waals surface area contributed by atoms with Crippen molar-refractivity contribution < 1.29 is 23.9 Å². The minimum Gasteiger partial charge on any atom is -0.444 e. The number of ether oxygens (including phenoxy) is 2. The Morgan fingerprint density at radius 2 is 1.81 bits per heavy atom. The normalized spacial score (nSPS) is 17.2. The number of methoxy groups -OCH3 is 1. The summed E-state index contributed by atoms with van der Waals surface area (Å²) in [5.41, 5.74) is 2.36. The van der Waals surface area contributed by atoms with Crippen LogP contribution in [0.15, 0.2) is 0 Å². The number of hydrogen-bond acceptors (Lipinski definition) is 6. The van der Waals surface area contributed by atoms with Gasteiger partial charge in [0.1, 0.15) is 17.7 Å². The number of nitrogens with one attached hydrogen (secondary N) is 3. The van der Waals surface area contributed by atoms with Gasteiger partial charge < -0.3 is 20.1 Å². The van der Waals surface area contributed by atoms with Crippen LogP contribution >= 0.6 is 0 Å². The van der Waals surface area contributed by atoms with Gasteiger partial charge in [0.15, 0.2) is 0 Å². The second-order valence-electron chi connectivity index (χ2n) is 7.99. The highest BCUT2D eigenvalue weighted by atomic mass is 16.6. The van der Waals surface area contributed by atoms with Crippen molar-refractivity contribution in [2.75, 3.05) is 26.8 Å². The van der Waals surface area contributed by atoms with Gasteiger partial charge in [0, 0.05) is 20.2 Å². The zero-order chi connectivity index (χ0) is 20.6. The Hall–Kier alpha value is -1.87. The molecule has 1 saturated heterocycles. The second-order valence-corrected chi connectivity index (χ2v) is 7.99. The fourth-order valence-corrected chi connectivity index (χ4v) is 2.64. The summed E-state index contributed by atoms with van der Waals surface area (Å²) >= 11 is 0. The summed E-state index contributed by atoms with van der Waals surface area (Å²) in [6.07, 6.45) is 1.23. The topological polar surface area (TPSA) is 109 Å². The van der Waals surface area contributed by atoms with Crippen LogP contribution in [0.5, 0.6) is 0 Å². The summed E-state index contributed by atoms with van der Waals surface area (Å²) in [5, 5.41) is 6.80. The molecule has 1 aliphatic heterocycles.